The first kappa shape index (κ1) is 20.7. The van der Waals surface area contributed by atoms with E-state index >= 15 is 0 Å². The Kier molecular flexibility index (Phi) is 6.75. The standard InChI is InChI=1S/C23H27NO5/c1-16-3-8-21(17(2)13-16)29-12-11-28-20-6-4-18(5-7-20)9-10-24-15-19(23(26)27)14-22(24)25/h3-8,13,19H,9-12,14-15H2,1-2H3,(H,26,27). The first-order chi connectivity index (χ1) is 13.9. The van der Waals surface area contributed by atoms with Gasteiger partial charge in [-0.05, 0) is 49.6 Å². The van der Waals surface area contributed by atoms with Crippen molar-refractivity contribution in [2.75, 3.05) is 26.3 Å². The van der Waals surface area contributed by atoms with Crippen molar-refractivity contribution in [3.8, 4) is 11.5 Å². The minimum atomic E-state index is -0.899. The molecule has 3 rings (SSSR count). The third-order valence-electron chi connectivity index (χ3n) is 5.10. The van der Waals surface area contributed by atoms with Gasteiger partial charge in [0.25, 0.3) is 0 Å². The highest BCUT2D eigenvalue weighted by Gasteiger charge is 2.33. The number of likely N-dealkylation sites (tertiary alicyclic amines) is 1. The van der Waals surface area contributed by atoms with Crippen molar-refractivity contribution in [1.29, 1.82) is 0 Å². The molecule has 1 fully saturated rings. The highest BCUT2D eigenvalue weighted by molar-refractivity contribution is 5.86. The first-order valence-corrected chi connectivity index (χ1v) is 9.85. The van der Waals surface area contributed by atoms with Gasteiger partial charge >= 0.3 is 5.97 Å². The number of nitrogens with zero attached hydrogens (tertiary/aromatic N) is 1. The van der Waals surface area contributed by atoms with Crippen molar-refractivity contribution in [2.45, 2.75) is 26.7 Å². The Labute approximate surface area is 171 Å². The van der Waals surface area contributed by atoms with E-state index in [4.69, 9.17) is 14.6 Å². The molecule has 0 saturated carbocycles. The molecule has 0 aliphatic carbocycles. The number of aliphatic carboxylic acids is 1. The van der Waals surface area contributed by atoms with Crippen LogP contribution in [-0.4, -0.2) is 48.2 Å². The van der Waals surface area contributed by atoms with Gasteiger partial charge in [-0.15, -0.1) is 0 Å². The smallest absolute Gasteiger partial charge is 0.308 e. The Morgan fingerprint density at radius 3 is 2.48 bits per heavy atom. The molecule has 1 atom stereocenters. The largest absolute Gasteiger partial charge is 0.490 e. The number of hydrogen-bond donors (Lipinski definition) is 1. The third-order valence-corrected chi connectivity index (χ3v) is 5.10. The number of carboxylic acid groups (broad SMARTS) is 1. The minimum absolute atomic E-state index is 0.0823. The Balaban J connectivity index is 1.40. The van der Waals surface area contributed by atoms with Crippen LogP contribution in [0.5, 0.6) is 11.5 Å². The maximum Gasteiger partial charge on any atom is 0.308 e. The summed E-state index contributed by atoms with van der Waals surface area (Å²) < 4.78 is 11.5. The van der Waals surface area contributed by atoms with E-state index in [1.54, 1.807) is 4.90 Å². The van der Waals surface area contributed by atoms with Gasteiger partial charge in [0.2, 0.25) is 5.91 Å². The molecular weight excluding hydrogens is 370 g/mol. The van der Waals surface area contributed by atoms with Gasteiger partial charge in [-0.2, -0.15) is 0 Å². The highest BCUT2D eigenvalue weighted by atomic mass is 16.5. The van der Waals surface area contributed by atoms with Crippen LogP contribution in [0.4, 0.5) is 0 Å². The van der Waals surface area contributed by atoms with Crippen LogP contribution in [0.25, 0.3) is 0 Å². The van der Waals surface area contributed by atoms with Crippen molar-refractivity contribution < 1.29 is 24.2 Å². The van der Waals surface area contributed by atoms with Crippen molar-refractivity contribution in [1.82, 2.24) is 4.90 Å². The van der Waals surface area contributed by atoms with E-state index < -0.39 is 11.9 Å². The molecule has 1 aliphatic heterocycles. The van der Waals surface area contributed by atoms with Gasteiger partial charge in [0.1, 0.15) is 24.7 Å². The molecule has 0 spiro atoms. The predicted octanol–water partition coefficient (Wildman–Crippen LogP) is 3.24. The number of carboxylic acids is 1. The molecular formula is C23H27NO5. The maximum atomic E-state index is 11.9. The summed E-state index contributed by atoms with van der Waals surface area (Å²) in [4.78, 5) is 24.5. The number of hydrogen-bond acceptors (Lipinski definition) is 4. The van der Waals surface area contributed by atoms with E-state index in [9.17, 15) is 9.59 Å². The lowest BCUT2D eigenvalue weighted by Crippen LogP contribution is -2.28. The van der Waals surface area contributed by atoms with E-state index in [2.05, 4.69) is 13.0 Å². The Morgan fingerprint density at radius 2 is 1.83 bits per heavy atom. The number of rotatable bonds is 9. The number of ether oxygens (including phenoxy) is 2. The predicted molar refractivity (Wildman–Crippen MR) is 109 cm³/mol. The Morgan fingerprint density at radius 1 is 1.10 bits per heavy atom. The summed E-state index contributed by atoms with van der Waals surface area (Å²) in [7, 11) is 0. The normalized spacial score (nSPS) is 16.1. The monoisotopic (exact) mass is 397 g/mol. The van der Waals surface area contributed by atoms with Gasteiger partial charge < -0.3 is 19.5 Å². The summed E-state index contributed by atoms with van der Waals surface area (Å²) >= 11 is 0. The third kappa shape index (κ3) is 5.73. The molecule has 154 valence electrons. The second kappa shape index (κ2) is 9.45. The quantitative estimate of drug-likeness (QED) is 0.658. The van der Waals surface area contributed by atoms with Crippen LogP contribution in [0.15, 0.2) is 42.5 Å². The molecule has 1 saturated heterocycles. The lowest BCUT2D eigenvalue weighted by Gasteiger charge is -2.16. The number of aryl methyl sites for hydroxylation is 2. The average molecular weight is 397 g/mol. The molecule has 6 nitrogen and oxygen atoms in total. The summed E-state index contributed by atoms with van der Waals surface area (Å²) in [6.45, 7) is 5.83. The molecule has 6 heteroatoms. The Hall–Kier alpha value is -3.02. The summed E-state index contributed by atoms with van der Waals surface area (Å²) in [6.07, 6.45) is 0.792. The number of carbonyl (C=O) groups excluding carboxylic acids is 1. The fourth-order valence-corrected chi connectivity index (χ4v) is 3.44. The molecule has 0 radical (unpaired) electrons. The molecule has 0 bridgehead atoms. The molecule has 29 heavy (non-hydrogen) atoms. The fourth-order valence-electron chi connectivity index (χ4n) is 3.44. The van der Waals surface area contributed by atoms with Crippen molar-refractivity contribution in [2.24, 2.45) is 5.92 Å². The first-order valence-electron chi connectivity index (χ1n) is 9.85. The summed E-state index contributed by atoms with van der Waals surface area (Å²) in [5.41, 5.74) is 3.40. The van der Waals surface area contributed by atoms with Gasteiger partial charge in [-0.3, -0.25) is 9.59 Å². The highest BCUT2D eigenvalue weighted by Crippen LogP contribution is 2.20. The number of carbonyl (C=O) groups is 2. The van der Waals surface area contributed by atoms with Gasteiger partial charge in [-0.1, -0.05) is 29.8 Å². The molecule has 0 aromatic heterocycles. The average Bonchev–Trinajstić information content (AvgIpc) is 3.07. The molecule has 1 unspecified atom stereocenters. The van der Waals surface area contributed by atoms with E-state index in [0.29, 0.717) is 32.7 Å². The lowest BCUT2D eigenvalue weighted by molar-refractivity contribution is -0.141. The molecule has 1 N–H and O–H groups in total. The zero-order valence-electron chi connectivity index (χ0n) is 16.9. The van der Waals surface area contributed by atoms with Crippen LogP contribution in [0.2, 0.25) is 0 Å². The number of benzene rings is 2. The molecule has 1 heterocycles. The van der Waals surface area contributed by atoms with Gasteiger partial charge in [0, 0.05) is 19.5 Å². The van der Waals surface area contributed by atoms with Crippen molar-refractivity contribution in [3.05, 3.63) is 59.2 Å². The maximum absolute atomic E-state index is 11.9. The van der Waals surface area contributed by atoms with Crippen molar-refractivity contribution in [3.63, 3.8) is 0 Å². The van der Waals surface area contributed by atoms with Crippen LogP contribution in [0.3, 0.4) is 0 Å². The Bertz CT molecular complexity index is 862. The van der Waals surface area contributed by atoms with Gasteiger partial charge in [0.05, 0.1) is 5.92 Å². The topological polar surface area (TPSA) is 76.1 Å². The molecule has 2 aromatic carbocycles. The van der Waals surface area contributed by atoms with Crippen LogP contribution >= 0.6 is 0 Å². The van der Waals surface area contributed by atoms with E-state index in [1.165, 1.54) is 5.56 Å². The second-order valence-electron chi connectivity index (χ2n) is 7.44. The van der Waals surface area contributed by atoms with Crippen LogP contribution in [-0.2, 0) is 16.0 Å². The minimum Gasteiger partial charge on any atom is -0.490 e. The second-order valence-corrected chi connectivity index (χ2v) is 7.44. The SMILES string of the molecule is Cc1ccc(OCCOc2ccc(CCN3CC(C(=O)O)CC3=O)cc2)c(C)c1. The fraction of sp³-hybridized carbons (Fsp3) is 0.391. The van der Waals surface area contributed by atoms with Gasteiger partial charge in [0.15, 0.2) is 0 Å². The molecule has 1 amide bonds. The molecule has 2 aromatic rings. The number of amides is 1. The zero-order chi connectivity index (χ0) is 20.8. The van der Waals surface area contributed by atoms with Gasteiger partial charge in [-0.25, -0.2) is 0 Å². The van der Waals surface area contributed by atoms with E-state index in [1.807, 2.05) is 43.3 Å². The lowest BCUT2D eigenvalue weighted by atomic mass is 10.1. The van der Waals surface area contributed by atoms with Crippen molar-refractivity contribution >= 4 is 11.9 Å². The molecule has 1 aliphatic rings. The van der Waals surface area contributed by atoms with E-state index in [0.717, 1.165) is 22.6 Å². The van der Waals surface area contributed by atoms with Crippen LogP contribution < -0.4 is 9.47 Å². The van der Waals surface area contributed by atoms with Crippen LogP contribution in [0, 0.1) is 19.8 Å². The summed E-state index contributed by atoms with van der Waals surface area (Å²) in [6, 6.07) is 13.8. The summed E-state index contributed by atoms with van der Waals surface area (Å²) in [5, 5.41) is 9.04. The zero-order valence-corrected chi connectivity index (χ0v) is 16.9. The summed E-state index contributed by atoms with van der Waals surface area (Å²) in [5.74, 6) is 0.0755. The van der Waals surface area contributed by atoms with Crippen LogP contribution in [0.1, 0.15) is 23.1 Å². The van der Waals surface area contributed by atoms with E-state index in [-0.39, 0.29) is 12.3 Å².